The molecule has 120 valence electrons. The Bertz CT molecular complexity index is 545. The lowest BCUT2D eigenvalue weighted by Crippen LogP contribution is -2.15. The van der Waals surface area contributed by atoms with Crippen molar-refractivity contribution in [2.75, 3.05) is 6.54 Å². The van der Waals surface area contributed by atoms with Crippen molar-refractivity contribution in [3.8, 4) is 5.75 Å². The van der Waals surface area contributed by atoms with E-state index < -0.39 is 0 Å². The lowest BCUT2D eigenvalue weighted by Gasteiger charge is -2.12. The van der Waals surface area contributed by atoms with E-state index in [1.807, 2.05) is 18.2 Å². The zero-order valence-corrected chi connectivity index (χ0v) is 13.7. The van der Waals surface area contributed by atoms with Crippen LogP contribution >= 0.6 is 12.4 Å². The first-order valence-electron chi connectivity index (χ1n) is 7.45. The molecule has 0 amide bonds. The highest BCUT2D eigenvalue weighted by molar-refractivity contribution is 5.85. The van der Waals surface area contributed by atoms with Gasteiger partial charge in [-0.1, -0.05) is 43.7 Å². The predicted molar refractivity (Wildman–Crippen MR) is 91.0 cm³/mol. The summed E-state index contributed by atoms with van der Waals surface area (Å²) in [6, 6.07) is 14.4. The smallest absolute Gasteiger partial charge is 0.124 e. The summed E-state index contributed by atoms with van der Waals surface area (Å²) in [4.78, 5) is 0. The molecule has 0 unspecified atom stereocenters. The fourth-order valence-electron chi connectivity index (χ4n) is 2.06. The summed E-state index contributed by atoms with van der Waals surface area (Å²) < 4.78 is 18.7. The van der Waals surface area contributed by atoms with Crippen LogP contribution in [0.2, 0.25) is 0 Å². The lowest BCUT2D eigenvalue weighted by molar-refractivity contribution is 0.302. The van der Waals surface area contributed by atoms with E-state index in [0.29, 0.717) is 6.61 Å². The van der Waals surface area contributed by atoms with E-state index in [4.69, 9.17) is 4.74 Å². The third kappa shape index (κ3) is 6.04. The minimum absolute atomic E-state index is 0. The van der Waals surface area contributed by atoms with Gasteiger partial charge in [0.2, 0.25) is 0 Å². The zero-order valence-electron chi connectivity index (χ0n) is 12.8. The third-order valence-electron chi connectivity index (χ3n) is 3.30. The summed E-state index contributed by atoms with van der Waals surface area (Å²) in [5.41, 5.74) is 2.11. The Morgan fingerprint density at radius 3 is 2.50 bits per heavy atom. The Labute approximate surface area is 138 Å². The van der Waals surface area contributed by atoms with Gasteiger partial charge >= 0.3 is 0 Å². The number of benzene rings is 2. The summed E-state index contributed by atoms with van der Waals surface area (Å²) in [6.07, 6.45) is 2.37. The molecular weight excluding hydrogens is 301 g/mol. The molecule has 0 aromatic heterocycles. The maximum absolute atomic E-state index is 12.9. The number of ether oxygens (including phenoxy) is 1. The number of unbranched alkanes of at least 4 members (excludes halogenated alkanes) is 1. The minimum atomic E-state index is -0.223. The molecule has 4 heteroatoms. The van der Waals surface area contributed by atoms with E-state index in [9.17, 15) is 4.39 Å². The highest BCUT2D eigenvalue weighted by atomic mass is 35.5. The van der Waals surface area contributed by atoms with Crippen LogP contribution in [0.5, 0.6) is 5.75 Å². The molecule has 0 atom stereocenters. The molecule has 0 saturated heterocycles. The van der Waals surface area contributed by atoms with Gasteiger partial charge in [0.15, 0.2) is 0 Å². The molecule has 0 bridgehead atoms. The molecule has 0 aliphatic rings. The molecule has 0 saturated carbocycles. The second-order valence-electron chi connectivity index (χ2n) is 5.05. The van der Waals surface area contributed by atoms with Crippen LogP contribution in [-0.2, 0) is 13.2 Å². The van der Waals surface area contributed by atoms with Crippen LogP contribution < -0.4 is 10.1 Å². The first-order valence-corrected chi connectivity index (χ1v) is 7.45. The van der Waals surface area contributed by atoms with Crippen LogP contribution in [0, 0.1) is 5.82 Å². The molecule has 0 spiro atoms. The monoisotopic (exact) mass is 323 g/mol. The Morgan fingerprint density at radius 2 is 1.77 bits per heavy atom. The van der Waals surface area contributed by atoms with Crippen molar-refractivity contribution in [1.29, 1.82) is 0 Å². The average Bonchev–Trinajstić information content (AvgIpc) is 2.52. The molecule has 2 aromatic rings. The van der Waals surface area contributed by atoms with Gasteiger partial charge in [0.25, 0.3) is 0 Å². The second kappa shape index (κ2) is 10.2. The standard InChI is InChI=1S/C18H22FNO.ClH/c1-2-3-12-20-13-16-6-4-5-7-18(16)21-14-15-8-10-17(19)11-9-15;/h4-11,20H,2-3,12-14H2,1H3;1H. The van der Waals surface area contributed by atoms with Gasteiger partial charge in [0, 0.05) is 12.1 Å². The Kier molecular flexibility index (Phi) is 8.56. The van der Waals surface area contributed by atoms with Crippen molar-refractivity contribution in [3.05, 3.63) is 65.5 Å². The van der Waals surface area contributed by atoms with Crippen molar-refractivity contribution in [3.63, 3.8) is 0 Å². The molecule has 1 N–H and O–H groups in total. The molecule has 2 nitrogen and oxygen atoms in total. The van der Waals surface area contributed by atoms with Crippen LogP contribution in [-0.4, -0.2) is 6.54 Å². The van der Waals surface area contributed by atoms with Gasteiger partial charge in [-0.3, -0.25) is 0 Å². The molecule has 2 aromatic carbocycles. The van der Waals surface area contributed by atoms with Gasteiger partial charge in [0.1, 0.15) is 18.2 Å². The van der Waals surface area contributed by atoms with Crippen LogP contribution in [0.25, 0.3) is 0 Å². The fraction of sp³-hybridized carbons (Fsp3) is 0.333. The van der Waals surface area contributed by atoms with Crippen molar-refractivity contribution in [2.24, 2.45) is 0 Å². The average molecular weight is 324 g/mol. The number of rotatable bonds is 8. The molecule has 0 fully saturated rings. The van der Waals surface area contributed by atoms with Gasteiger partial charge < -0.3 is 10.1 Å². The maximum atomic E-state index is 12.9. The van der Waals surface area contributed by atoms with E-state index >= 15 is 0 Å². The maximum Gasteiger partial charge on any atom is 0.124 e. The number of hydrogen-bond acceptors (Lipinski definition) is 2. The molecule has 0 heterocycles. The third-order valence-corrected chi connectivity index (χ3v) is 3.30. The van der Waals surface area contributed by atoms with Crippen molar-refractivity contribution in [1.82, 2.24) is 5.32 Å². The molecular formula is C18H23ClFNO. The highest BCUT2D eigenvalue weighted by Gasteiger charge is 2.03. The quantitative estimate of drug-likeness (QED) is 0.710. The molecule has 2 rings (SSSR count). The van der Waals surface area contributed by atoms with Crippen molar-refractivity contribution >= 4 is 12.4 Å². The Hall–Kier alpha value is -1.58. The first kappa shape index (κ1) is 18.5. The van der Waals surface area contributed by atoms with Gasteiger partial charge in [-0.15, -0.1) is 12.4 Å². The number of nitrogens with one attached hydrogen (secondary N) is 1. The Balaban J connectivity index is 0.00000242. The number of halogens is 2. The summed E-state index contributed by atoms with van der Waals surface area (Å²) in [6.45, 7) is 4.45. The summed E-state index contributed by atoms with van der Waals surface area (Å²) in [5, 5.41) is 3.42. The molecule has 22 heavy (non-hydrogen) atoms. The van der Waals surface area contributed by atoms with Gasteiger partial charge in [-0.05, 0) is 36.7 Å². The van der Waals surface area contributed by atoms with E-state index in [1.54, 1.807) is 12.1 Å². The highest BCUT2D eigenvalue weighted by Crippen LogP contribution is 2.19. The topological polar surface area (TPSA) is 21.3 Å². The first-order chi connectivity index (χ1) is 10.3. The molecule has 0 radical (unpaired) electrons. The van der Waals surface area contributed by atoms with Crippen LogP contribution in [0.1, 0.15) is 30.9 Å². The van der Waals surface area contributed by atoms with Crippen molar-refractivity contribution < 1.29 is 9.13 Å². The van der Waals surface area contributed by atoms with E-state index in [-0.39, 0.29) is 18.2 Å². The van der Waals surface area contributed by atoms with Crippen LogP contribution in [0.3, 0.4) is 0 Å². The summed E-state index contributed by atoms with van der Waals surface area (Å²) in [7, 11) is 0. The minimum Gasteiger partial charge on any atom is -0.489 e. The van der Waals surface area contributed by atoms with Crippen LogP contribution in [0.15, 0.2) is 48.5 Å². The Morgan fingerprint density at radius 1 is 1.05 bits per heavy atom. The second-order valence-corrected chi connectivity index (χ2v) is 5.05. The molecule has 0 aliphatic heterocycles. The SMILES string of the molecule is CCCCNCc1ccccc1OCc1ccc(F)cc1.Cl. The normalized spacial score (nSPS) is 10.1. The van der Waals surface area contributed by atoms with Crippen molar-refractivity contribution in [2.45, 2.75) is 32.9 Å². The number of para-hydroxylation sites is 1. The predicted octanol–water partition coefficient (Wildman–Crippen LogP) is 4.72. The van der Waals surface area contributed by atoms with Gasteiger partial charge in [0.05, 0.1) is 0 Å². The fourth-order valence-corrected chi connectivity index (χ4v) is 2.06. The lowest BCUT2D eigenvalue weighted by atomic mass is 10.2. The largest absolute Gasteiger partial charge is 0.489 e. The van der Waals surface area contributed by atoms with E-state index in [0.717, 1.165) is 30.0 Å². The van der Waals surface area contributed by atoms with Gasteiger partial charge in [-0.2, -0.15) is 0 Å². The van der Waals surface area contributed by atoms with Gasteiger partial charge in [-0.25, -0.2) is 4.39 Å². The van der Waals surface area contributed by atoms with E-state index in [1.165, 1.54) is 25.0 Å². The van der Waals surface area contributed by atoms with E-state index in [2.05, 4.69) is 18.3 Å². The summed E-state index contributed by atoms with van der Waals surface area (Å²) in [5.74, 6) is 0.657. The molecule has 0 aliphatic carbocycles. The number of hydrogen-bond donors (Lipinski definition) is 1. The van der Waals surface area contributed by atoms with Crippen LogP contribution in [0.4, 0.5) is 4.39 Å². The summed E-state index contributed by atoms with van der Waals surface area (Å²) >= 11 is 0. The zero-order chi connectivity index (χ0) is 14.9.